The summed E-state index contributed by atoms with van der Waals surface area (Å²) in [7, 11) is 2.21. The molecule has 4 nitrogen and oxygen atoms in total. The molecule has 146 valence electrons. The molecule has 28 heavy (non-hydrogen) atoms. The van der Waals surface area contributed by atoms with Gasteiger partial charge in [-0.05, 0) is 75.0 Å². The minimum Gasteiger partial charge on any atom is -0.383 e. The molecule has 1 N–H and O–H groups in total. The lowest BCUT2D eigenvalue weighted by molar-refractivity contribution is -0.00417. The highest BCUT2D eigenvalue weighted by molar-refractivity contribution is 5.90. The standard InChI is InChI=1S/C24H29N3O/c1-16-14-17-4-5-22(24(2,28)18-6-10-25-11-7-18)27-21-9-13-26(3)12-8-19(21)20(15-16)23(17)27/h6-7,10-11,14-15,22,28H,4-5,8-9,12-13H2,1-3H3. The van der Waals surface area contributed by atoms with Gasteiger partial charge in [-0.3, -0.25) is 4.98 Å². The zero-order chi connectivity index (χ0) is 19.5. The van der Waals surface area contributed by atoms with Crippen molar-refractivity contribution in [1.82, 2.24) is 14.5 Å². The molecule has 0 aliphatic carbocycles. The van der Waals surface area contributed by atoms with E-state index in [0.717, 1.165) is 44.3 Å². The second-order valence-corrected chi connectivity index (χ2v) is 8.86. The van der Waals surface area contributed by atoms with Crippen molar-refractivity contribution in [3.63, 3.8) is 0 Å². The van der Waals surface area contributed by atoms with Crippen LogP contribution in [0.4, 0.5) is 0 Å². The van der Waals surface area contributed by atoms with Crippen LogP contribution in [-0.4, -0.2) is 39.7 Å². The van der Waals surface area contributed by atoms with Crippen molar-refractivity contribution in [2.24, 2.45) is 0 Å². The van der Waals surface area contributed by atoms with Gasteiger partial charge in [0.1, 0.15) is 5.60 Å². The van der Waals surface area contributed by atoms with Gasteiger partial charge in [0.2, 0.25) is 0 Å². The summed E-state index contributed by atoms with van der Waals surface area (Å²) in [6.45, 7) is 6.36. The van der Waals surface area contributed by atoms with Crippen molar-refractivity contribution in [2.75, 3.05) is 20.1 Å². The molecule has 0 fully saturated rings. The largest absolute Gasteiger partial charge is 0.383 e. The molecule has 2 unspecified atom stereocenters. The van der Waals surface area contributed by atoms with Crippen LogP contribution < -0.4 is 0 Å². The molecular formula is C24H29N3O. The molecule has 5 rings (SSSR count). The molecule has 1 aromatic carbocycles. The molecule has 0 bridgehead atoms. The van der Waals surface area contributed by atoms with Gasteiger partial charge in [-0.15, -0.1) is 0 Å². The molecule has 3 aromatic rings. The number of nitrogens with zero attached hydrogens (tertiary/aromatic N) is 3. The fourth-order valence-corrected chi connectivity index (χ4v) is 5.44. The maximum absolute atomic E-state index is 11.7. The Morgan fingerprint density at radius 3 is 2.64 bits per heavy atom. The van der Waals surface area contributed by atoms with Gasteiger partial charge in [-0.1, -0.05) is 11.6 Å². The smallest absolute Gasteiger partial charge is 0.108 e. The SMILES string of the molecule is Cc1cc2c3c(c1)c1c(n3C(C(C)(O)c3ccncc3)CC2)CCN(C)CC1. The van der Waals surface area contributed by atoms with E-state index in [1.54, 1.807) is 12.4 Å². The zero-order valence-electron chi connectivity index (χ0n) is 17.1. The second-order valence-electron chi connectivity index (χ2n) is 8.86. The summed E-state index contributed by atoms with van der Waals surface area (Å²) < 4.78 is 2.52. The number of aromatic nitrogens is 2. The predicted molar refractivity (Wildman–Crippen MR) is 113 cm³/mol. The van der Waals surface area contributed by atoms with Crippen LogP contribution in [0.5, 0.6) is 0 Å². The summed E-state index contributed by atoms with van der Waals surface area (Å²) in [4.78, 5) is 6.57. The van der Waals surface area contributed by atoms with Crippen LogP contribution in [0.25, 0.3) is 10.9 Å². The maximum atomic E-state index is 11.7. The summed E-state index contributed by atoms with van der Waals surface area (Å²) >= 11 is 0. The van der Waals surface area contributed by atoms with E-state index in [4.69, 9.17) is 0 Å². The number of aliphatic hydroxyl groups is 1. The molecule has 2 aliphatic rings. The van der Waals surface area contributed by atoms with Gasteiger partial charge in [0.25, 0.3) is 0 Å². The lowest BCUT2D eigenvalue weighted by Gasteiger charge is -2.39. The molecule has 4 heteroatoms. The van der Waals surface area contributed by atoms with Gasteiger partial charge >= 0.3 is 0 Å². The van der Waals surface area contributed by atoms with Gasteiger partial charge in [0.15, 0.2) is 0 Å². The normalized spacial score (nSPS) is 21.9. The van der Waals surface area contributed by atoms with E-state index in [-0.39, 0.29) is 6.04 Å². The highest BCUT2D eigenvalue weighted by atomic mass is 16.3. The average molecular weight is 376 g/mol. The molecule has 0 amide bonds. The second kappa shape index (κ2) is 6.43. The first-order chi connectivity index (χ1) is 13.5. The molecule has 0 spiro atoms. The summed E-state index contributed by atoms with van der Waals surface area (Å²) in [5.74, 6) is 0. The van der Waals surface area contributed by atoms with E-state index in [9.17, 15) is 5.11 Å². The Labute approximate surface area is 166 Å². The van der Waals surface area contributed by atoms with Crippen molar-refractivity contribution in [3.8, 4) is 0 Å². The molecule has 0 saturated heterocycles. The Kier molecular flexibility index (Phi) is 4.11. The number of aryl methyl sites for hydroxylation is 2. The number of benzene rings is 1. The summed E-state index contributed by atoms with van der Waals surface area (Å²) in [6.07, 6.45) is 7.67. The summed E-state index contributed by atoms with van der Waals surface area (Å²) in [5.41, 5.74) is 7.11. The van der Waals surface area contributed by atoms with Crippen molar-refractivity contribution < 1.29 is 5.11 Å². The van der Waals surface area contributed by atoms with E-state index >= 15 is 0 Å². The number of rotatable bonds is 2. The van der Waals surface area contributed by atoms with Crippen LogP contribution >= 0.6 is 0 Å². The van der Waals surface area contributed by atoms with Gasteiger partial charge in [0, 0.05) is 43.0 Å². The fraction of sp³-hybridized carbons (Fsp3) is 0.458. The number of likely N-dealkylation sites (N-methyl/N-ethyl adjacent to an activating group) is 1. The molecule has 2 aromatic heterocycles. The average Bonchev–Trinajstić information content (AvgIpc) is 2.85. The molecular weight excluding hydrogens is 346 g/mol. The third-order valence-corrected chi connectivity index (χ3v) is 6.92. The number of fused-ring (bicyclic) bond motifs is 3. The van der Waals surface area contributed by atoms with E-state index < -0.39 is 5.60 Å². The van der Waals surface area contributed by atoms with Gasteiger partial charge in [-0.25, -0.2) is 0 Å². The Morgan fingerprint density at radius 2 is 1.86 bits per heavy atom. The van der Waals surface area contributed by atoms with Crippen LogP contribution in [0.2, 0.25) is 0 Å². The Hall–Kier alpha value is -2.17. The highest BCUT2D eigenvalue weighted by Gasteiger charge is 2.40. The van der Waals surface area contributed by atoms with Crippen LogP contribution in [0.15, 0.2) is 36.7 Å². The van der Waals surface area contributed by atoms with Crippen molar-refractivity contribution in [2.45, 2.75) is 51.2 Å². The van der Waals surface area contributed by atoms with Crippen molar-refractivity contribution in [3.05, 3.63) is 64.6 Å². The van der Waals surface area contributed by atoms with E-state index in [0.29, 0.717) is 0 Å². The van der Waals surface area contributed by atoms with Gasteiger partial charge in [0.05, 0.1) is 11.6 Å². The lowest BCUT2D eigenvalue weighted by atomic mass is 9.82. The monoisotopic (exact) mass is 375 g/mol. The van der Waals surface area contributed by atoms with Gasteiger partial charge in [-0.2, -0.15) is 0 Å². The maximum Gasteiger partial charge on any atom is 0.108 e. The van der Waals surface area contributed by atoms with Crippen molar-refractivity contribution in [1.29, 1.82) is 0 Å². The van der Waals surface area contributed by atoms with E-state index in [1.807, 2.05) is 19.1 Å². The first kappa shape index (κ1) is 17.9. The molecule has 4 heterocycles. The predicted octanol–water partition coefficient (Wildman–Crippen LogP) is 3.77. The van der Waals surface area contributed by atoms with E-state index in [2.05, 4.69) is 40.6 Å². The first-order valence-corrected chi connectivity index (χ1v) is 10.4. The quantitative estimate of drug-likeness (QED) is 0.741. The lowest BCUT2D eigenvalue weighted by Crippen LogP contribution is -2.37. The third kappa shape index (κ3) is 2.62. The summed E-state index contributed by atoms with van der Waals surface area (Å²) in [6, 6.07) is 8.67. The van der Waals surface area contributed by atoms with Crippen LogP contribution in [0.1, 0.15) is 47.3 Å². The third-order valence-electron chi connectivity index (χ3n) is 6.92. The van der Waals surface area contributed by atoms with E-state index in [1.165, 1.54) is 33.3 Å². The number of hydrogen-bond donors (Lipinski definition) is 1. The minimum absolute atomic E-state index is 0.0414. The number of hydrogen-bond acceptors (Lipinski definition) is 3. The minimum atomic E-state index is -0.927. The zero-order valence-corrected chi connectivity index (χ0v) is 17.1. The Balaban J connectivity index is 1.76. The molecule has 0 radical (unpaired) electrons. The summed E-state index contributed by atoms with van der Waals surface area (Å²) in [5, 5.41) is 13.1. The van der Waals surface area contributed by atoms with Gasteiger partial charge < -0.3 is 14.6 Å². The molecule has 2 atom stereocenters. The van der Waals surface area contributed by atoms with Crippen LogP contribution in [0, 0.1) is 6.92 Å². The highest BCUT2D eigenvalue weighted by Crippen LogP contribution is 2.46. The fourth-order valence-electron chi connectivity index (χ4n) is 5.44. The Bertz CT molecular complexity index is 1040. The molecule has 0 saturated carbocycles. The number of pyridine rings is 1. The Morgan fingerprint density at radius 1 is 1.11 bits per heavy atom. The van der Waals surface area contributed by atoms with Crippen LogP contribution in [0.3, 0.4) is 0 Å². The molecule has 2 aliphatic heterocycles. The topological polar surface area (TPSA) is 41.3 Å². The van der Waals surface area contributed by atoms with Crippen molar-refractivity contribution >= 4 is 10.9 Å². The van der Waals surface area contributed by atoms with Crippen LogP contribution in [-0.2, 0) is 24.9 Å². The first-order valence-electron chi connectivity index (χ1n) is 10.4.